The smallest absolute Gasteiger partial charge is 0.311 e. The second-order valence-electron chi connectivity index (χ2n) is 5.73. The van der Waals surface area contributed by atoms with Crippen molar-refractivity contribution in [3.05, 3.63) is 0 Å². The van der Waals surface area contributed by atoms with Crippen molar-refractivity contribution in [3.63, 3.8) is 0 Å². The first-order valence-corrected chi connectivity index (χ1v) is 11.2. The molecule has 0 radical (unpaired) electrons. The van der Waals surface area contributed by atoms with Gasteiger partial charge in [0.05, 0.1) is 13.0 Å². The number of hydrogen-bond donors (Lipinski definition) is 4. The predicted molar refractivity (Wildman–Crippen MR) is 104 cm³/mol. The molecule has 1 heterocycles. The van der Waals surface area contributed by atoms with Crippen LogP contribution in [0.5, 0.6) is 0 Å². The summed E-state index contributed by atoms with van der Waals surface area (Å²) in [6.45, 7) is 1.82. The van der Waals surface area contributed by atoms with Gasteiger partial charge in [-0.05, 0) is 0 Å². The molecule has 0 saturated carbocycles. The first-order valence-electron chi connectivity index (χ1n) is 8.89. The van der Waals surface area contributed by atoms with Gasteiger partial charge in [-0.2, -0.15) is 23.5 Å². The van der Waals surface area contributed by atoms with Crippen molar-refractivity contribution >= 4 is 47.2 Å². The minimum Gasteiger partial charge on any atom is -0.354 e. The highest BCUT2D eigenvalue weighted by Gasteiger charge is 2.08. The second-order valence-corrected chi connectivity index (χ2v) is 8.18. The Morgan fingerprint density at radius 1 is 0.615 bits per heavy atom. The fraction of sp³-hybridized carbons (Fsp3) is 0.750. The molecule has 0 aromatic rings. The van der Waals surface area contributed by atoms with Gasteiger partial charge in [-0.15, -0.1) is 0 Å². The molecule has 0 aromatic carbocycles. The summed E-state index contributed by atoms with van der Waals surface area (Å²) in [5, 5.41) is 9.93. The number of thioether (sulfide) groups is 2. The van der Waals surface area contributed by atoms with E-state index in [1.165, 1.54) is 0 Å². The maximum Gasteiger partial charge on any atom is 0.311 e. The molecule has 0 unspecified atom stereocenters. The van der Waals surface area contributed by atoms with E-state index in [0.717, 1.165) is 0 Å². The van der Waals surface area contributed by atoms with Gasteiger partial charge in [0.2, 0.25) is 17.7 Å². The zero-order valence-electron chi connectivity index (χ0n) is 15.0. The zero-order chi connectivity index (χ0) is 19.0. The van der Waals surface area contributed by atoms with Crippen LogP contribution in [0.1, 0.15) is 25.7 Å². The average Bonchev–Trinajstić information content (AvgIpc) is 2.61. The van der Waals surface area contributed by atoms with Crippen molar-refractivity contribution in [1.29, 1.82) is 0 Å². The Morgan fingerprint density at radius 2 is 1.04 bits per heavy atom. The second kappa shape index (κ2) is 14.9. The molecule has 0 aromatic heterocycles. The third-order valence-electron chi connectivity index (χ3n) is 3.52. The van der Waals surface area contributed by atoms with Gasteiger partial charge in [0, 0.05) is 55.4 Å². The van der Waals surface area contributed by atoms with Crippen molar-refractivity contribution in [2.24, 2.45) is 0 Å². The molecular weight excluding hydrogens is 376 g/mol. The fourth-order valence-corrected chi connectivity index (χ4v) is 3.83. The van der Waals surface area contributed by atoms with Gasteiger partial charge in [-0.25, -0.2) is 4.79 Å². The van der Waals surface area contributed by atoms with E-state index in [1.54, 1.807) is 28.8 Å². The van der Waals surface area contributed by atoms with E-state index in [9.17, 15) is 19.2 Å². The summed E-state index contributed by atoms with van der Waals surface area (Å²) < 4.78 is 0. The molecule has 0 bridgehead atoms. The molecule has 8 nitrogen and oxygen atoms in total. The van der Waals surface area contributed by atoms with Crippen LogP contribution >= 0.6 is 23.5 Å². The fourth-order valence-electron chi connectivity index (χ4n) is 2.09. The number of rotatable bonds is 0. The number of carbonyl (C=O) groups excluding carboxylic acids is 4. The lowest BCUT2D eigenvalue weighted by molar-refractivity contribution is -0.566. The van der Waals surface area contributed by atoms with Crippen LogP contribution in [0, 0.1) is 0 Å². The van der Waals surface area contributed by atoms with Gasteiger partial charge in [-0.3, -0.25) is 19.7 Å². The molecular formula is C16H29N4O4S2+. The topological polar surface area (TPSA) is 121 Å². The van der Waals surface area contributed by atoms with Crippen LogP contribution in [0.3, 0.4) is 0 Å². The summed E-state index contributed by atoms with van der Waals surface area (Å²) >= 11 is 3.13. The molecule has 1 aliphatic heterocycles. The summed E-state index contributed by atoms with van der Waals surface area (Å²) in [5.41, 5.74) is 0. The maximum atomic E-state index is 11.7. The molecule has 1 rings (SSSR count). The largest absolute Gasteiger partial charge is 0.354 e. The highest BCUT2D eigenvalue weighted by Crippen LogP contribution is 2.05. The van der Waals surface area contributed by atoms with Crippen molar-refractivity contribution in [2.75, 3.05) is 49.2 Å². The number of quaternary nitrogens is 1. The summed E-state index contributed by atoms with van der Waals surface area (Å²) in [7, 11) is 0. The Balaban J connectivity index is 2.32. The van der Waals surface area contributed by atoms with Crippen LogP contribution in [-0.2, 0) is 19.2 Å². The molecule has 0 atom stereocenters. The Morgan fingerprint density at radius 3 is 1.54 bits per heavy atom. The lowest BCUT2D eigenvalue weighted by Gasteiger charge is -2.08. The number of carbonyl (C=O) groups is 4. The van der Waals surface area contributed by atoms with Crippen LogP contribution in [-0.4, -0.2) is 72.8 Å². The summed E-state index contributed by atoms with van der Waals surface area (Å²) in [6.07, 6.45) is 1.65. The van der Waals surface area contributed by atoms with E-state index in [4.69, 9.17) is 0 Å². The Labute approximate surface area is 162 Å². The molecule has 26 heavy (non-hydrogen) atoms. The van der Waals surface area contributed by atoms with E-state index >= 15 is 0 Å². The van der Waals surface area contributed by atoms with E-state index in [2.05, 4.69) is 16.0 Å². The Kier molecular flexibility index (Phi) is 13.0. The third kappa shape index (κ3) is 13.0. The molecule has 0 aliphatic carbocycles. The van der Waals surface area contributed by atoms with Gasteiger partial charge >= 0.3 is 5.91 Å². The quantitative estimate of drug-likeness (QED) is 0.388. The van der Waals surface area contributed by atoms with Crippen LogP contribution < -0.4 is 21.3 Å². The molecule has 1 fully saturated rings. The van der Waals surface area contributed by atoms with E-state index in [-0.39, 0.29) is 23.6 Å². The van der Waals surface area contributed by atoms with E-state index in [0.29, 0.717) is 74.9 Å². The first-order chi connectivity index (χ1) is 12.6. The molecule has 4 amide bonds. The number of primary amides is 1. The summed E-state index contributed by atoms with van der Waals surface area (Å²) in [5.74, 6) is 2.62. The van der Waals surface area contributed by atoms with Crippen molar-refractivity contribution in [2.45, 2.75) is 25.7 Å². The number of amides is 4. The van der Waals surface area contributed by atoms with Crippen LogP contribution in [0.25, 0.3) is 0 Å². The van der Waals surface area contributed by atoms with Gasteiger partial charge in [-0.1, -0.05) is 0 Å². The number of nitrogens with two attached hydrogens (primary N) is 1. The van der Waals surface area contributed by atoms with Crippen LogP contribution in [0.4, 0.5) is 0 Å². The Bertz CT molecular complexity index is 395. The molecule has 1 aliphatic rings. The van der Waals surface area contributed by atoms with Gasteiger partial charge in [0.25, 0.3) is 0 Å². The number of hydrogen-bond acceptors (Lipinski definition) is 6. The Hall–Kier alpha value is -1.26. The minimum atomic E-state index is -0.0471. The molecule has 1 saturated heterocycles. The van der Waals surface area contributed by atoms with Gasteiger partial charge in [0.1, 0.15) is 6.54 Å². The molecule has 0 spiro atoms. The normalized spacial score (nSPS) is 21.5. The average molecular weight is 406 g/mol. The molecule has 10 heteroatoms. The van der Waals surface area contributed by atoms with Crippen LogP contribution in [0.15, 0.2) is 0 Å². The highest BCUT2D eigenvalue weighted by atomic mass is 32.2. The van der Waals surface area contributed by atoms with Crippen molar-refractivity contribution in [1.82, 2.24) is 16.0 Å². The lowest BCUT2D eigenvalue weighted by atomic mass is 10.4. The highest BCUT2D eigenvalue weighted by molar-refractivity contribution is 7.99. The van der Waals surface area contributed by atoms with Crippen LogP contribution in [0.2, 0.25) is 0 Å². The summed E-state index contributed by atoms with van der Waals surface area (Å²) in [6, 6.07) is 0. The van der Waals surface area contributed by atoms with E-state index in [1.807, 2.05) is 0 Å². The molecule has 5 N–H and O–H groups in total. The monoisotopic (exact) mass is 405 g/mol. The lowest BCUT2D eigenvalue weighted by Crippen LogP contribution is -2.89. The van der Waals surface area contributed by atoms with Crippen molar-refractivity contribution in [3.8, 4) is 0 Å². The third-order valence-corrected chi connectivity index (χ3v) is 5.49. The maximum absolute atomic E-state index is 11.7. The minimum absolute atomic E-state index is 0.0313. The van der Waals surface area contributed by atoms with Gasteiger partial charge in [0.15, 0.2) is 0 Å². The first kappa shape index (κ1) is 22.8. The van der Waals surface area contributed by atoms with E-state index < -0.39 is 0 Å². The predicted octanol–water partition coefficient (Wildman–Crippen LogP) is -1.53. The van der Waals surface area contributed by atoms with Crippen molar-refractivity contribution < 1.29 is 24.5 Å². The zero-order valence-corrected chi connectivity index (χ0v) is 16.6. The SMILES string of the molecule is O=C1CCSCCC(=O)NCC[NH2+]C(=O)CCSCCC(=O)NCCN1. The molecule has 148 valence electrons. The summed E-state index contributed by atoms with van der Waals surface area (Å²) in [4.78, 5) is 46.7. The standard InChI is InChI=1S/C16H28N4O4S2/c21-13-1-9-25-10-2-14(22)19-7-8-20-16(24)4-12-26-11-3-15(23)18-6-5-17-13/h1-12H2,(H,17,21)(H,18,23)(H,19,22)(H,20,24)/p+1. The number of nitrogens with one attached hydrogen (secondary N) is 3. The van der Waals surface area contributed by atoms with Gasteiger partial charge < -0.3 is 16.0 Å².